The molecule has 27 heavy (non-hydrogen) atoms. The van der Waals surface area contributed by atoms with Gasteiger partial charge >= 0.3 is 6.09 Å². The molecule has 0 aliphatic carbocycles. The molecule has 1 aliphatic heterocycles. The predicted molar refractivity (Wildman–Crippen MR) is 104 cm³/mol. The Morgan fingerprint density at radius 2 is 1.70 bits per heavy atom. The molecule has 7 heteroatoms. The molecule has 0 atom stereocenters. The zero-order valence-electron chi connectivity index (χ0n) is 15.4. The molecule has 0 radical (unpaired) electrons. The maximum absolute atomic E-state index is 12.8. The van der Waals surface area contributed by atoms with Crippen molar-refractivity contribution in [3.05, 3.63) is 58.1 Å². The molecule has 3 rings (SSSR count). The summed E-state index contributed by atoms with van der Waals surface area (Å²) in [6.45, 7) is 7.06. The molecule has 2 aromatic rings. The van der Waals surface area contributed by atoms with E-state index in [9.17, 15) is 14.4 Å². The second-order valence-electron chi connectivity index (χ2n) is 7.26. The van der Waals surface area contributed by atoms with Gasteiger partial charge in [0.15, 0.2) is 0 Å². The summed E-state index contributed by atoms with van der Waals surface area (Å²) in [4.78, 5) is 38.6. The molecule has 0 saturated heterocycles. The van der Waals surface area contributed by atoms with Crippen molar-refractivity contribution >= 4 is 40.9 Å². The Morgan fingerprint density at radius 1 is 1.04 bits per heavy atom. The van der Waals surface area contributed by atoms with Gasteiger partial charge in [-0.15, -0.1) is 0 Å². The average molecular weight is 387 g/mol. The summed E-state index contributed by atoms with van der Waals surface area (Å²) in [5.41, 5.74) is 1.45. The van der Waals surface area contributed by atoms with Crippen LogP contribution in [0.5, 0.6) is 0 Å². The van der Waals surface area contributed by atoms with Gasteiger partial charge in [-0.2, -0.15) is 0 Å². The molecule has 0 unspecified atom stereocenters. The van der Waals surface area contributed by atoms with E-state index in [-0.39, 0.29) is 5.56 Å². The van der Waals surface area contributed by atoms with Gasteiger partial charge in [0.1, 0.15) is 5.60 Å². The smallest absolute Gasteiger partial charge is 0.412 e. The molecule has 0 spiro atoms. The lowest BCUT2D eigenvalue weighted by Gasteiger charge is -2.21. The third kappa shape index (κ3) is 3.80. The molecule has 1 aliphatic rings. The molecular formula is C20H19ClN2O4. The lowest BCUT2D eigenvalue weighted by molar-refractivity contribution is 0.0635. The molecule has 0 saturated carbocycles. The monoisotopic (exact) mass is 386 g/mol. The number of benzene rings is 2. The minimum absolute atomic E-state index is 0.261. The number of rotatable bonds is 2. The van der Waals surface area contributed by atoms with Crippen molar-refractivity contribution < 1.29 is 19.1 Å². The van der Waals surface area contributed by atoms with Gasteiger partial charge in [0.2, 0.25) is 0 Å². The molecule has 0 fully saturated rings. The summed E-state index contributed by atoms with van der Waals surface area (Å²) >= 11 is 5.95. The predicted octanol–water partition coefficient (Wildman–Crippen LogP) is 4.80. The number of carbonyl (C=O) groups excluding carboxylic acids is 3. The summed E-state index contributed by atoms with van der Waals surface area (Å²) in [6.07, 6.45) is -0.619. The van der Waals surface area contributed by atoms with E-state index in [2.05, 4.69) is 5.32 Å². The van der Waals surface area contributed by atoms with Crippen molar-refractivity contribution in [2.45, 2.75) is 33.3 Å². The number of imide groups is 1. The van der Waals surface area contributed by atoms with E-state index in [1.54, 1.807) is 52.0 Å². The van der Waals surface area contributed by atoms with Gasteiger partial charge in [0.05, 0.1) is 16.8 Å². The molecule has 0 aromatic heterocycles. The maximum atomic E-state index is 12.8. The highest BCUT2D eigenvalue weighted by Crippen LogP contribution is 2.33. The number of hydrogen-bond acceptors (Lipinski definition) is 4. The first-order chi connectivity index (χ1) is 12.6. The van der Waals surface area contributed by atoms with Gasteiger partial charge in [-0.25, -0.2) is 9.69 Å². The second kappa shape index (κ2) is 6.70. The van der Waals surface area contributed by atoms with Gasteiger partial charge in [-0.3, -0.25) is 14.9 Å². The number of nitrogens with one attached hydrogen (secondary N) is 1. The number of amides is 3. The van der Waals surface area contributed by atoms with Crippen LogP contribution in [0.15, 0.2) is 36.4 Å². The Labute approximate surface area is 162 Å². The molecule has 2 aromatic carbocycles. The number of fused-ring (bicyclic) bond motifs is 1. The summed E-state index contributed by atoms with van der Waals surface area (Å²) in [7, 11) is 0. The first kappa shape index (κ1) is 18.9. The number of nitrogens with zero attached hydrogens (tertiary/aromatic N) is 1. The normalized spacial score (nSPS) is 13.6. The lowest BCUT2D eigenvalue weighted by atomic mass is 10.1. The summed E-state index contributed by atoms with van der Waals surface area (Å²) in [5.74, 6) is -0.876. The molecule has 1 N–H and O–H groups in total. The standard InChI is InChI=1S/C20H19ClN2O4/c1-11-5-7-13(22-19(26)27-20(2,3)4)10-16(11)23-17(24)14-8-6-12(21)9-15(14)18(23)25/h5-10H,1-4H3,(H,22,26). The Bertz CT molecular complexity index is 963. The van der Waals surface area contributed by atoms with Gasteiger partial charge in [0, 0.05) is 10.7 Å². The molecular weight excluding hydrogens is 368 g/mol. The van der Waals surface area contributed by atoms with Gasteiger partial charge in [-0.05, 0) is 63.6 Å². The highest BCUT2D eigenvalue weighted by Gasteiger charge is 2.37. The van der Waals surface area contributed by atoms with E-state index in [1.165, 1.54) is 12.1 Å². The number of anilines is 2. The van der Waals surface area contributed by atoms with Crippen LogP contribution in [0.1, 0.15) is 47.1 Å². The fourth-order valence-electron chi connectivity index (χ4n) is 2.78. The van der Waals surface area contributed by atoms with E-state index >= 15 is 0 Å². The van der Waals surface area contributed by atoms with E-state index in [0.29, 0.717) is 27.5 Å². The van der Waals surface area contributed by atoms with Crippen molar-refractivity contribution in [3.63, 3.8) is 0 Å². The van der Waals surface area contributed by atoms with Crippen LogP contribution in [0.25, 0.3) is 0 Å². The minimum atomic E-state index is -0.639. The van der Waals surface area contributed by atoms with Crippen LogP contribution in [0.3, 0.4) is 0 Å². The fraction of sp³-hybridized carbons (Fsp3) is 0.250. The third-order valence-corrected chi connectivity index (χ3v) is 4.18. The van der Waals surface area contributed by atoms with Crippen molar-refractivity contribution in [2.75, 3.05) is 10.2 Å². The molecule has 1 heterocycles. The van der Waals surface area contributed by atoms with Crippen LogP contribution in [-0.4, -0.2) is 23.5 Å². The first-order valence-electron chi connectivity index (χ1n) is 8.36. The van der Waals surface area contributed by atoms with E-state index < -0.39 is 23.5 Å². The van der Waals surface area contributed by atoms with Gasteiger partial charge in [0.25, 0.3) is 11.8 Å². The highest BCUT2D eigenvalue weighted by atomic mass is 35.5. The Morgan fingerprint density at radius 3 is 2.37 bits per heavy atom. The molecule has 6 nitrogen and oxygen atoms in total. The van der Waals surface area contributed by atoms with Crippen LogP contribution in [0.4, 0.5) is 16.2 Å². The van der Waals surface area contributed by atoms with Gasteiger partial charge in [-0.1, -0.05) is 17.7 Å². The molecule has 140 valence electrons. The van der Waals surface area contributed by atoms with Crippen LogP contribution in [-0.2, 0) is 4.74 Å². The Kier molecular flexibility index (Phi) is 4.70. The van der Waals surface area contributed by atoms with Crippen LogP contribution in [0, 0.1) is 6.92 Å². The van der Waals surface area contributed by atoms with Crippen LogP contribution < -0.4 is 10.2 Å². The molecule has 0 bridgehead atoms. The van der Waals surface area contributed by atoms with Crippen molar-refractivity contribution in [1.82, 2.24) is 0 Å². The minimum Gasteiger partial charge on any atom is -0.444 e. The lowest BCUT2D eigenvalue weighted by Crippen LogP contribution is -2.30. The molecule has 3 amide bonds. The third-order valence-electron chi connectivity index (χ3n) is 3.94. The fourth-order valence-corrected chi connectivity index (χ4v) is 2.95. The van der Waals surface area contributed by atoms with Crippen LogP contribution >= 0.6 is 11.6 Å². The first-order valence-corrected chi connectivity index (χ1v) is 8.73. The summed E-state index contributed by atoms with van der Waals surface area (Å²) < 4.78 is 5.23. The van der Waals surface area contributed by atoms with Crippen LogP contribution in [0.2, 0.25) is 5.02 Å². The van der Waals surface area contributed by atoms with Crippen molar-refractivity contribution in [1.29, 1.82) is 0 Å². The number of hydrogen-bond donors (Lipinski definition) is 1. The number of ether oxygens (including phenoxy) is 1. The zero-order valence-corrected chi connectivity index (χ0v) is 16.2. The quantitative estimate of drug-likeness (QED) is 0.752. The zero-order chi connectivity index (χ0) is 19.9. The van der Waals surface area contributed by atoms with Crippen molar-refractivity contribution in [3.8, 4) is 0 Å². The Hall–Kier alpha value is -2.86. The summed E-state index contributed by atoms with van der Waals surface area (Å²) in [6, 6.07) is 9.56. The average Bonchev–Trinajstić information content (AvgIpc) is 2.78. The van der Waals surface area contributed by atoms with E-state index in [1.807, 2.05) is 0 Å². The van der Waals surface area contributed by atoms with E-state index in [4.69, 9.17) is 16.3 Å². The summed E-state index contributed by atoms with van der Waals surface area (Å²) in [5, 5.41) is 3.00. The number of carbonyl (C=O) groups is 3. The SMILES string of the molecule is Cc1ccc(NC(=O)OC(C)(C)C)cc1N1C(=O)c2ccc(Cl)cc2C1=O. The van der Waals surface area contributed by atoms with Crippen molar-refractivity contribution in [2.24, 2.45) is 0 Å². The van der Waals surface area contributed by atoms with E-state index in [0.717, 1.165) is 4.90 Å². The topological polar surface area (TPSA) is 75.7 Å². The Balaban J connectivity index is 1.93. The number of halogens is 1. The second-order valence-corrected chi connectivity index (χ2v) is 7.70. The maximum Gasteiger partial charge on any atom is 0.412 e. The largest absolute Gasteiger partial charge is 0.444 e. The van der Waals surface area contributed by atoms with Gasteiger partial charge < -0.3 is 4.74 Å². The highest BCUT2D eigenvalue weighted by molar-refractivity contribution is 6.37. The number of aryl methyl sites for hydroxylation is 1.